The van der Waals surface area contributed by atoms with Crippen molar-refractivity contribution in [1.29, 1.82) is 0 Å². The fourth-order valence-electron chi connectivity index (χ4n) is 3.89. The van der Waals surface area contributed by atoms with Crippen molar-refractivity contribution in [3.63, 3.8) is 0 Å². The van der Waals surface area contributed by atoms with Crippen LogP contribution < -0.4 is 19.6 Å². The van der Waals surface area contributed by atoms with E-state index in [1.165, 1.54) is 27.1 Å². The summed E-state index contributed by atoms with van der Waals surface area (Å²) in [5, 5.41) is 3.88. The smallest absolute Gasteiger partial charge is 0.129 e. The monoisotopic (exact) mass is 456 g/mol. The first-order valence-electron chi connectivity index (χ1n) is 11.3. The standard InChI is InChI=1S/C28H32N2O2Si/c1-31-25-11-6-21(7-12-25)19-30(20-22-8-13-26(32-2)14-9-22)28-17-23-10-15-27(33(3,4)5)16-24(23)18-29-28/h6-18H,19-20H2,1-5H3. The minimum atomic E-state index is -1.36. The van der Waals surface area contributed by atoms with E-state index < -0.39 is 8.07 Å². The zero-order valence-corrected chi connectivity index (χ0v) is 21.1. The molecular formula is C28H32N2O2Si. The largest absolute Gasteiger partial charge is 0.497 e. The maximum atomic E-state index is 5.32. The summed E-state index contributed by atoms with van der Waals surface area (Å²) in [4.78, 5) is 7.20. The number of nitrogens with zero attached hydrogens (tertiary/aromatic N) is 2. The third-order valence-corrected chi connectivity index (χ3v) is 8.01. The summed E-state index contributed by atoms with van der Waals surface area (Å²) in [7, 11) is 2.02. The molecule has 0 amide bonds. The third kappa shape index (κ3) is 5.55. The Morgan fingerprint density at radius 3 is 1.73 bits per heavy atom. The number of hydrogen-bond acceptors (Lipinski definition) is 4. The van der Waals surface area contributed by atoms with Gasteiger partial charge in [0.2, 0.25) is 0 Å². The fraction of sp³-hybridized carbons (Fsp3) is 0.250. The molecule has 0 saturated heterocycles. The van der Waals surface area contributed by atoms with Crippen molar-refractivity contribution in [2.75, 3.05) is 19.1 Å². The van der Waals surface area contributed by atoms with E-state index >= 15 is 0 Å². The Morgan fingerprint density at radius 2 is 1.24 bits per heavy atom. The summed E-state index contributed by atoms with van der Waals surface area (Å²) in [6, 6.07) is 25.5. The minimum Gasteiger partial charge on any atom is -0.497 e. The molecule has 0 aliphatic heterocycles. The van der Waals surface area contributed by atoms with E-state index in [9.17, 15) is 0 Å². The van der Waals surface area contributed by atoms with Crippen molar-refractivity contribution in [3.8, 4) is 11.5 Å². The van der Waals surface area contributed by atoms with Gasteiger partial charge in [0.15, 0.2) is 0 Å². The van der Waals surface area contributed by atoms with Crippen LogP contribution in [0.2, 0.25) is 19.6 Å². The molecule has 4 nitrogen and oxygen atoms in total. The van der Waals surface area contributed by atoms with E-state index in [-0.39, 0.29) is 0 Å². The van der Waals surface area contributed by atoms with Crippen LogP contribution in [0, 0.1) is 0 Å². The summed E-state index contributed by atoms with van der Waals surface area (Å²) in [5.41, 5.74) is 2.42. The zero-order chi connectivity index (χ0) is 23.4. The summed E-state index contributed by atoms with van der Waals surface area (Å²) in [6.07, 6.45) is 2.02. The van der Waals surface area contributed by atoms with Crippen LogP contribution in [0.5, 0.6) is 11.5 Å². The SMILES string of the molecule is COc1ccc(CN(Cc2ccc(OC)cc2)c2cc3ccc([Si](C)(C)C)cc3cn2)cc1. The molecule has 0 saturated carbocycles. The van der Waals surface area contributed by atoms with E-state index in [0.29, 0.717) is 0 Å². The third-order valence-electron chi connectivity index (χ3n) is 5.96. The lowest BCUT2D eigenvalue weighted by Crippen LogP contribution is -2.37. The molecule has 0 fully saturated rings. The average molecular weight is 457 g/mol. The molecule has 3 aromatic carbocycles. The first-order valence-corrected chi connectivity index (χ1v) is 14.8. The quantitative estimate of drug-likeness (QED) is 0.304. The van der Waals surface area contributed by atoms with E-state index in [1.54, 1.807) is 14.2 Å². The molecule has 4 aromatic rings. The van der Waals surface area contributed by atoms with E-state index in [1.807, 2.05) is 30.5 Å². The highest BCUT2D eigenvalue weighted by Gasteiger charge is 2.17. The van der Waals surface area contributed by atoms with Crippen LogP contribution in [0.15, 0.2) is 79.0 Å². The number of anilines is 1. The average Bonchev–Trinajstić information content (AvgIpc) is 2.83. The molecule has 0 bridgehead atoms. The van der Waals surface area contributed by atoms with Crippen LogP contribution in [-0.2, 0) is 13.1 Å². The van der Waals surface area contributed by atoms with Gasteiger partial charge in [0.25, 0.3) is 0 Å². The molecule has 0 atom stereocenters. The first kappa shape index (κ1) is 22.9. The highest BCUT2D eigenvalue weighted by Crippen LogP contribution is 2.24. The molecule has 170 valence electrons. The fourth-order valence-corrected chi connectivity index (χ4v) is 5.06. The number of rotatable bonds is 8. The predicted molar refractivity (Wildman–Crippen MR) is 141 cm³/mol. The van der Waals surface area contributed by atoms with Crippen LogP contribution >= 0.6 is 0 Å². The Labute approximate surface area is 197 Å². The number of methoxy groups -OCH3 is 2. The number of aromatic nitrogens is 1. The highest BCUT2D eigenvalue weighted by molar-refractivity contribution is 6.88. The molecule has 0 aliphatic carbocycles. The van der Waals surface area contributed by atoms with E-state index in [2.05, 4.69) is 73.1 Å². The van der Waals surface area contributed by atoms with Crippen LogP contribution in [-0.4, -0.2) is 27.3 Å². The minimum absolute atomic E-state index is 0.752. The van der Waals surface area contributed by atoms with Crippen molar-refractivity contribution < 1.29 is 9.47 Å². The second kappa shape index (κ2) is 9.67. The molecule has 0 spiro atoms. The van der Waals surface area contributed by atoms with Gasteiger partial charge in [-0.2, -0.15) is 0 Å². The Balaban J connectivity index is 1.67. The second-order valence-corrected chi connectivity index (χ2v) is 14.5. The Bertz CT molecular complexity index is 1170. The lowest BCUT2D eigenvalue weighted by molar-refractivity contribution is 0.414. The molecule has 0 radical (unpaired) electrons. The molecule has 0 unspecified atom stereocenters. The van der Waals surface area contributed by atoms with Gasteiger partial charge in [0.05, 0.1) is 22.3 Å². The number of ether oxygens (including phenoxy) is 2. The van der Waals surface area contributed by atoms with Crippen molar-refractivity contribution in [1.82, 2.24) is 4.98 Å². The Morgan fingerprint density at radius 1 is 0.697 bits per heavy atom. The Hall–Kier alpha value is -3.31. The van der Waals surface area contributed by atoms with Gasteiger partial charge >= 0.3 is 0 Å². The highest BCUT2D eigenvalue weighted by atomic mass is 28.3. The number of fused-ring (bicyclic) bond motifs is 1. The van der Waals surface area contributed by atoms with Gasteiger partial charge in [-0.1, -0.05) is 67.3 Å². The summed E-state index contributed by atoms with van der Waals surface area (Å²) in [6.45, 7) is 8.63. The van der Waals surface area contributed by atoms with Crippen LogP contribution in [0.4, 0.5) is 5.82 Å². The van der Waals surface area contributed by atoms with Gasteiger partial charge in [-0.3, -0.25) is 0 Å². The van der Waals surface area contributed by atoms with Gasteiger partial charge in [-0.25, -0.2) is 4.98 Å². The molecule has 5 heteroatoms. The number of benzene rings is 3. The van der Waals surface area contributed by atoms with E-state index in [4.69, 9.17) is 14.5 Å². The molecule has 0 N–H and O–H groups in total. The summed E-state index contributed by atoms with van der Waals surface area (Å²) >= 11 is 0. The molecule has 0 aliphatic rings. The first-order chi connectivity index (χ1) is 15.9. The van der Waals surface area contributed by atoms with Crippen molar-refractivity contribution in [3.05, 3.63) is 90.1 Å². The summed E-state index contributed by atoms with van der Waals surface area (Å²) in [5.74, 6) is 2.69. The topological polar surface area (TPSA) is 34.6 Å². The molecular weight excluding hydrogens is 424 g/mol. The predicted octanol–water partition coefficient (Wildman–Crippen LogP) is 6.00. The van der Waals surface area contributed by atoms with Crippen molar-refractivity contribution in [2.45, 2.75) is 32.7 Å². The maximum Gasteiger partial charge on any atom is 0.129 e. The zero-order valence-electron chi connectivity index (χ0n) is 20.1. The van der Waals surface area contributed by atoms with Gasteiger partial charge in [-0.05, 0) is 46.8 Å². The van der Waals surface area contributed by atoms with Crippen molar-refractivity contribution >= 4 is 29.9 Å². The van der Waals surface area contributed by atoms with Crippen LogP contribution in [0.25, 0.3) is 10.8 Å². The van der Waals surface area contributed by atoms with Gasteiger partial charge in [0.1, 0.15) is 17.3 Å². The van der Waals surface area contributed by atoms with Gasteiger partial charge < -0.3 is 14.4 Å². The van der Waals surface area contributed by atoms with Gasteiger partial charge in [-0.15, -0.1) is 0 Å². The number of pyridine rings is 1. The van der Waals surface area contributed by atoms with Gasteiger partial charge in [0, 0.05) is 24.7 Å². The molecule has 1 heterocycles. The van der Waals surface area contributed by atoms with Crippen LogP contribution in [0.1, 0.15) is 11.1 Å². The lowest BCUT2D eigenvalue weighted by Gasteiger charge is -2.25. The Kier molecular flexibility index (Phi) is 6.70. The molecule has 33 heavy (non-hydrogen) atoms. The normalized spacial score (nSPS) is 11.4. The molecule has 1 aromatic heterocycles. The summed E-state index contributed by atoms with van der Waals surface area (Å²) < 4.78 is 10.6. The lowest BCUT2D eigenvalue weighted by atomic mass is 10.1. The molecule has 4 rings (SSSR count). The number of hydrogen-bond donors (Lipinski definition) is 0. The van der Waals surface area contributed by atoms with Crippen LogP contribution in [0.3, 0.4) is 0 Å². The van der Waals surface area contributed by atoms with E-state index in [0.717, 1.165) is 30.4 Å². The maximum absolute atomic E-state index is 5.32. The second-order valence-electron chi connectivity index (χ2n) is 9.41. The van der Waals surface area contributed by atoms with Crippen molar-refractivity contribution in [2.24, 2.45) is 0 Å².